The number of aryl methyl sites for hydroxylation is 1. The van der Waals surface area contributed by atoms with Gasteiger partial charge in [0.25, 0.3) is 0 Å². The third kappa shape index (κ3) is 5.16. The Morgan fingerprint density at radius 1 is 1.14 bits per heavy atom. The van der Waals surface area contributed by atoms with Crippen LogP contribution in [0.1, 0.15) is 32.0 Å². The standard InChI is InChI=1S/C17H23N3O/c1-4-14-6-5-7-16(10-14)21-17-9-8-15(19-20-17)12-18-11-13(2)3/h5-10,13,18H,4,11-12H2,1-3H3. The Kier molecular flexibility index (Phi) is 5.69. The molecule has 0 fully saturated rings. The van der Waals surface area contributed by atoms with Gasteiger partial charge >= 0.3 is 0 Å². The Labute approximate surface area is 126 Å². The summed E-state index contributed by atoms with van der Waals surface area (Å²) >= 11 is 0. The largest absolute Gasteiger partial charge is 0.438 e. The summed E-state index contributed by atoms with van der Waals surface area (Å²) in [4.78, 5) is 0. The number of benzene rings is 1. The molecule has 0 aliphatic carbocycles. The lowest BCUT2D eigenvalue weighted by Crippen LogP contribution is -2.19. The van der Waals surface area contributed by atoms with E-state index < -0.39 is 0 Å². The van der Waals surface area contributed by atoms with E-state index in [4.69, 9.17) is 4.74 Å². The van der Waals surface area contributed by atoms with Gasteiger partial charge in [0.05, 0.1) is 5.69 Å². The molecule has 0 saturated heterocycles. The maximum atomic E-state index is 5.72. The maximum absolute atomic E-state index is 5.72. The molecule has 0 spiro atoms. The Balaban J connectivity index is 1.92. The van der Waals surface area contributed by atoms with E-state index in [1.807, 2.05) is 30.3 Å². The molecule has 1 aromatic carbocycles. The molecule has 0 atom stereocenters. The average Bonchev–Trinajstić information content (AvgIpc) is 2.49. The molecule has 1 heterocycles. The van der Waals surface area contributed by atoms with Gasteiger partial charge in [0.15, 0.2) is 0 Å². The Hall–Kier alpha value is -1.94. The van der Waals surface area contributed by atoms with Gasteiger partial charge in [-0.1, -0.05) is 32.9 Å². The fourth-order valence-corrected chi connectivity index (χ4v) is 1.93. The molecule has 0 saturated carbocycles. The second-order valence-electron chi connectivity index (χ2n) is 5.49. The van der Waals surface area contributed by atoms with Crippen molar-refractivity contribution < 1.29 is 4.74 Å². The van der Waals surface area contributed by atoms with Crippen molar-refractivity contribution in [3.05, 3.63) is 47.7 Å². The summed E-state index contributed by atoms with van der Waals surface area (Å²) in [7, 11) is 0. The molecule has 0 bridgehead atoms. The lowest BCUT2D eigenvalue weighted by molar-refractivity contribution is 0.452. The SMILES string of the molecule is CCc1cccc(Oc2ccc(CNCC(C)C)nn2)c1. The Bertz CT molecular complexity index is 552. The number of hydrogen-bond donors (Lipinski definition) is 1. The first kappa shape index (κ1) is 15.4. The van der Waals surface area contributed by atoms with Crippen molar-refractivity contribution in [2.45, 2.75) is 33.7 Å². The molecule has 0 aliphatic rings. The minimum Gasteiger partial charge on any atom is -0.438 e. The summed E-state index contributed by atoms with van der Waals surface area (Å²) in [5.41, 5.74) is 2.17. The fourth-order valence-electron chi connectivity index (χ4n) is 1.93. The van der Waals surface area contributed by atoms with Crippen molar-refractivity contribution in [2.24, 2.45) is 5.92 Å². The summed E-state index contributed by atoms with van der Waals surface area (Å²) in [6, 6.07) is 11.8. The van der Waals surface area contributed by atoms with Crippen LogP contribution in [0.5, 0.6) is 11.6 Å². The molecule has 1 N–H and O–H groups in total. The fraction of sp³-hybridized carbons (Fsp3) is 0.412. The molecule has 112 valence electrons. The number of nitrogens with zero attached hydrogens (tertiary/aromatic N) is 2. The van der Waals surface area contributed by atoms with Gasteiger partial charge in [0, 0.05) is 12.6 Å². The molecular weight excluding hydrogens is 262 g/mol. The third-order valence-corrected chi connectivity index (χ3v) is 3.08. The molecular formula is C17H23N3O. The van der Waals surface area contributed by atoms with Gasteiger partial charge in [0.2, 0.25) is 5.88 Å². The van der Waals surface area contributed by atoms with E-state index in [9.17, 15) is 0 Å². The zero-order valence-corrected chi connectivity index (χ0v) is 13.0. The number of ether oxygens (including phenoxy) is 1. The summed E-state index contributed by atoms with van der Waals surface area (Å²) in [6.45, 7) is 8.19. The number of hydrogen-bond acceptors (Lipinski definition) is 4. The quantitative estimate of drug-likeness (QED) is 0.844. The van der Waals surface area contributed by atoms with Crippen LogP contribution in [0.15, 0.2) is 36.4 Å². The van der Waals surface area contributed by atoms with E-state index >= 15 is 0 Å². The second kappa shape index (κ2) is 7.74. The molecule has 0 radical (unpaired) electrons. The van der Waals surface area contributed by atoms with Crippen LogP contribution in [0, 0.1) is 5.92 Å². The normalized spacial score (nSPS) is 10.9. The van der Waals surface area contributed by atoms with E-state index in [1.54, 1.807) is 0 Å². The van der Waals surface area contributed by atoms with Crippen LogP contribution in [0.25, 0.3) is 0 Å². The molecule has 4 nitrogen and oxygen atoms in total. The molecule has 4 heteroatoms. The highest BCUT2D eigenvalue weighted by Crippen LogP contribution is 2.20. The van der Waals surface area contributed by atoms with Crippen molar-refractivity contribution in [3.8, 4) is 11.6 Å². The monoisotopic (exact) mass is 285 g/mol. The molecule has 0 aliphatic heterocycles. The molecule has 21 heavy (non-hydrogen) atoms. The first-order chi connectivity index (χ1) is 10.2. The maximum Gasteiger partial charge on any atom is 0.238 e. The van der Waals surface area contributed by atoms with E-state index in [2.05, 4.69) is 42.4 Å². The van der Waals surface area contributed by atoms with E-state index in [0.717, 1.165) is 31.0 Å². The number of aromatic nitrogens is 2. The van der Waals surface area contributed by atoms with Gasteiger partial charge < -0.3 is 10.1 Å². The van der Waals surface area contributed by atoms with Gasteiger partial charge in [-0.3, -0.25) is 0 Å². The van der Waals surface area contributed by atoms with Gasteiger partial charge in [0.1, 0.15) is 5.75 Å². The van der Waals surface area contributed by atoms with Crippen molar-refractivity contribution in [1.82, 2.24) is 15.5 Å². The minimum absolute atomic E-state index is 0.524. The van der Waals surface area contributed by atoms with Crippen LogP contribution in [0.4, 0.5) is 0 Å². The van der Waals surface area contributed by atoms with Crippen LogP contribution in [0.2, 0.25) is 0 Å². The topological polar surface area (TPSA) is 47.0 Å². The van der Waals surface area contributed by atoms with Crippen LogP contribution in [-0.2, 0) is 13.0 Å². The first-order valence-corrected chi connectivity index (χ1v) is 7.47. The molecule has 1 aromatic heterocycles. The van der Waals surface area contributed by atoms with Crippen molar-refractivity contribution in [2.75, 3.05) is 6.54 Å². The first-order valence-electron chi connectivity index (χ1n) is 7.47. The molecule has 2 rings (SSSR count). The second-order valence-corrected chi connectivity index (χ2v) is 5.49. The van der Waals surface area contributed by atoms with E-state index in [0.29, 0.717) is 11.8 Å². The third-order valence-electron chi connectivity index (χ3n) is 3.08. The average molecular weight is 285 g/mol. The Morgan fingerprint density at radius 3 is 2.67 bits per heavy atom. The lowest BCUT2D eigenvalue weighted by atomic mass is 10.2. The predicted octanol–water partition coefficient (Wildman–Crippen LogP) is 3.58. The smallest absolute Gasteiger partial charge is 0.238 e. The van der Waals surface area contributed by atoms with Crippen LogP contribution < -0.4 is 10.1 Å². The summed E-state index contributed by atoms with van der Waals surface area (Å²) in [6.07, 6.45) is 0.989. The van der Waals surface area contributed by atoms with Gasteiger partial charge in [-0.2, -0.15) is 5.10 Å². The van der Waals surface area contributed by atoms with E-state index in [-0.39, 0.29) is 0 Å². The minimum atomic E-state index is 0.524. The summed E-state index contributed by atoms with van der Waals surface area (Å²) in [5.74, 6) is 1.96. The highest BCUT2D eigenvalue weighted by Gasteiger charge is 2.02. The van der Waals surface area contributed by atoms with Gasteiger partial charge in [-0.15, -0.1) is 5.10 Å². The van der Waals surface area contributed by atoms with Crippen LogP contribution in [-0.4, -0.2) is 16.7 Å². The van der Waals surface area contributed by atoms with E-state index in [1.165, 1.54) is 5.56 Å². The molecule has 2 aromatic rings. The van der Waals surface area contributed by atoms with Gasteiger partial charge in [-0.25, -0.2) is 0 Å². The van der Waals surface area contributed by atoms with Crippen molar-refractivity contribution in [3.63, 3.8) is 0 Å². The Morgan fingerprint density at radius 2 is 2.00 bits per heavy atom. The summed E-state index contributed by atoms with van der Waals surface area (Å²) < 4.78 is 5.72. The lowest BCUT2D eigenvalue weighted by Gasteiger charge is -2.08. The summed E-state index contributed by atoms with van der Waals surface area (Å²) in [5, 5.41) is 11.6. The predicted molar refractivity (Wildman–Crippen MR) is 84.5 cm³/mol. The zero-order valence-electron chi connectivity index (χ0n) is 13.0. The highest BCUT2D eigenvalue weighted by molar-refractivity contribution is 5.31. The van der Waals surface area contributed by atoms with Gasteiger partial charge in [-0.05, 0) is 42.6 Å². The van der Waals surface area contributed by atoms with Crippen LogP contribution in [0.3, 0.4) is 0 Å². The van der Waals surface area contributed by atoms with Crippen LogP contribution >= 0.6 is 0 Å². The zero-order chi connectivity index (χ0) is 15.1. The highest BCUT2D eigenvalue weighted by atomic mass is 16.5. The molecule has 0 unspecified atom stereocenters. The van der Waals surface area contributed by atoms with Crippen molar-refractivity contribution >= 4 is 0 Å². The number of nitrogens with one attached hydrogen (secondary N) is 1. The van der Waals surface area contributed by atoms with Crippen molar-refractivity contribution in [1.29, 1.82) is 0 Å². The molecule has 0 amide bonds. The number of rotatable bonds is 7.